The fourth-order valence-corrected chi connectivity index (χ4v) is 4.01. The SMILES string of the molecule is CC(C)OCCS(=O)(=O)NCC(=O)N1CCC2(CCNC2)CC1.Cl. The Bertz CT molecular complexity index is 497. The summed E-state index contributed by atoms with van der Waals surface area (Å²) in [4.78, 5) is 14.0. The number of nitrogens with one attached hydrogen (secondary N) is 2. The smallest absolute Gasteiger partial charge is 0.237 e. The molecular formula is C15H30ClN3O4S. The fraction of sp³-hybridized carbons (Fsp3) is 0.933. The molecule has 2 rings (SSSR count). The lowest BCUT2D eigenvalue weighted by molar-refractivity contribution is -0.132. The van der Waals surface area contributed by atoms with Crippen LogP contribution in [-0.2, 0) is 19.6 Å². The van der Waals surface area contributed by atoms with Crippen LogP contribution in [-0.4, -0.2) is 70.4 Å². The van der Waals surface area contributed by atoms with Gasteiger partial charge in [-0.1, -0.05) is 0 Å². The minimum Gasteiger partial charge on any atom is -0.378 e. The number of rotatable bonds is 7. The molecule has 24 heavy (non-hydrogen) atoms. The van der Waals surface area contributed by atoms with Gasteiger partial charge in [-0.05, 0) is 45.1 Å². The summed E-state index contributed by atoms with van der Waals surface area (Å²) in [6.45, 7) is 7.23. The van der Waals surface area contributed by atoms with E-state index in [9.17, 15) is 13.2 Å². The van der Waals surface area contributed by atoms with Crippen LogP contribution in [0.5, 0.6) is 0 Å². The van der Waals surface area contributed by atoms with Crippen LogP contribution in [0.2, 0.25) is 0 Å². The van der Waals surface area contributed by atoms with Crippen molar-refractivity contribution in [1.82, 2.24) is 14.9 Å². The van der Waals surface area contributed by atoms with Gasteiger partial charge in [0.15, 0.2) is 0 Å². The summed E-state index contributed by atoms with van der Waals surface area (Å²) in [5, 5.41) is 3.39. The fourth-order valence-electron chi connectivity index (χ4n) is 3.20. The third-order valence-corrected chi connectivity index (χ3v) is 6.04. The molecule has 0 atom stereocenters. The van der Waals surface area contributed by atoms with Crippen LogP contribution in [0.3, 0.4) is 0 Å². The topological polar surface area (TPSA) is 87.7 Å². The highest BCUT2D eigenvalue weighted by Gasteiger charge is 2.38. The predicted octanol–water partition coefficient (Wildman–Crippen LogP) is 0.355. The van der Waals surface area contributed by atoms with E-state index in [1.54, 1.807) is 4.90 Å². The van der Waals surface area contributed by atoms with Gasteiger partial charge in [-0.15, -0.1) is 12.4 Å². The lowest BCUT2D eigenvalue weighted by Crippen LogP contribution is -2.47. The maximum absolute atomic E-state index is 12.2. The van der Waals surface area contributed by atoms with E-state index in [-0.39, 0.29) is 43.3 Å². The first-order chi connectivity index (χ1) is 10.8. The molecule has 142 valence electrons. The molecule has 0 aliphatic carbocycles. The van der Waals surface area contributed by atoms with Crippen LogP contribution in [0.25, 0.3) is 0 Å². The standard InChI is InChI=1S/C15H29N3O4S.ClH/c1-13(2)22-9-10-23(20,21)17-11-14(19)18-7-4-15(5-8-18)3-6-16-12-15;/h13,16-17H,3-12H2,1-2H3;1H. The molecule has 0 aromatic carbocycles. The third kappa shape index (κ3) is 6.48. The van der Waals surface area contributed by atoms with Gasteiger partial charge in [0.05, 0.1) is 25.0 Å². The van der Waals surface area contributed by atoms with Crippen molar-refractivity contribution < 1.29 is 17.9 Å². The van der Waals surface area contributed by atoms with Gasteiger partial charge in [-0.3, -0.25) is 4.79 Å². The highest BCUT2D eigenvalue weighted by Crippen LogP contribution is 2.36. The molecule has 7 nitrogen and oxygen atoms in total. The molecule has 2 aliphatic rings. The quantitative estimate of drug-likeness (QED) is 0.662. The van der Waals surface area contributed by atoms with E-state index in [0.29, 0.717) is 5.41 Å². The van der Waals surface area contributed by atoms with Crippen molar-refractivity contribution in [1.29, 1.82) is 0 Å². The van der Waals surface area contributed by atoms with E-state index in [2.05, 4.69) is 10.0 Å². The first-order valence-electron chi connectivity index (χ1n) is 8.39. The third-order valence-electron chi connectivity index (χ3n) is 4.76. The number of ether oxygens (including phenoxy) is 1. The average molecular weight is 384 g/mol. The Balaban J connectivity index is 0.00000288. The average Bonchev–Trinajstić information content (AvgIpc) is 2.93. The molecule has 0 saturated carbocycles. The minimum absolute atomic E-state index is 0. The van der Waals surface area contributed by atoms with Crippen LogP contribution in [0, 0.1) is 5.41 Å². The van der Waals surface area contributed by atoms with E-state index in [1.165, 1.54) is 6.42 Å². The summed E-state index contributed by atoms with van der Waals surface area (Å²) < 4.78 is 31.3. The monoisotopic (exact) mass is 383 g/mol. The van der Waals surface area contributed by atoms with Crippen molar-refractivity contribution in [3.8, 4) is 0 Å². The molecule has 9 heteroatoms. The van der Waals surface area contributed by atoms with Crippen LogP contribution >= 0.6 is 12.4 Å². The summed E-state index contributed by atoms with van der Waals surface area (Å²) in [6.07, 6.45) is 3.18. The van der Waals surface area contributed by atoms with Gasteiger partial charge < -0.3 is 15.0 Å². The molecule has 2 N–H and O–H groups in total. The molecule has 1 amide bonds. The molecule has 1 spiro atoms. The van der Waals surface area contributed by atoms with Crippen molar-refractivity contribution >= 4 is 28.3 Å². The Morgan fingerprint density at radius 3 is 2.50 bits per heavy atom. The number of nitrogens with zero attached hydrogens (tertiary/aromatic N) is 1. The lowest BCUT2D eigenvalue weighted by atomic mass is 9.78. The molecule has 2 aliphatic heterocycles. The number of hydrogen-bond acceptors (Lipinski definition) is 5. The van der Waals surface area contributed by atoms with E-state index >= 15 is 0 Å². The van der Waals surface area contributed by atoms with Gasteiger partial charge in [-0.2, -0.15) is 0 Å². The zero-order valence-electron chi connectivity index (χ0n) is 14.5. The first kappa shape index (κ1) is 21.6. The Morgan fingerprint density at radius 1 is 1.29 bits per heavy atom. The lowest BCUT2D eigenvalue weighted by Gasteiger charge is -2.38. The van der Waals surface area contributed by atoms with Gasteiger partial charge in [0.25, 0.3) is 0 Å². The second kappa shape index (κ2) is 9.33. The summed E-state index contributed by atoms with van der Waals surface area (Å²) in [7, 11) is -3.47. The van der Waals surface area contributed by atoms with Crippen LogP contribution in [0.1, 0.15) is 33.1 Å². The molecule has 0 radical (unpaired) electrons. The van der Waals surface area contributed by atoms with Crippen molar-refractivity contribution in [3.63, 3.8) is 0 Å². The number of hydrogen-bond donors (Lipinski definition) is 2. The van der Waals surface area contributed by atoms with Gasteiger partial charge in [0.1, 0.15) is 0 Å². The Hall–Kier alpha value is -0.410. The minimum atomic E-state index is -3.47. The van der Waals surface area contributed by atoms with E-state index in [0.717, 1.165) is 39.0 Å². The highest BCUT2D eigenvalue weighted by atomic mass is 35.5. The maximum Gasteiger partial charge on any atom is 0.237 e. The number of amides is 1. The van der Waals surface area contributed by atoms with Crippen LogP contribution < -0.4 is 10.0 Å². The number of halogens is 1. The Kier molecular flexibility index (Phi) is 8.41. The molecule has 0 aromatic heterocycles. The summed E-state index contributed by atoms with van der Waals surface area (Å²) in [5.41, 5.74) is 0.352. The van der Waals surface area contributed by atoms with Crippen molar-refractivity contribution in [2.75, 3.05) is 45.1 Å². The normalized spacial score (nSPS) is 20.4. The Morgan fingerprint density at radius 2 is 1.96 bits per heavy atom. The van der Waals surface area contributed by atoms with Crippen LogP contribution in [0.4, 0.5) is 0 Å². The predicted molar refractivity (Wildman–Crippen MR) is 95.9 cm³/mol. The summed E-state index contributed by atoms with van der Waals surface area (Å²) in [6, 6.07) is 0. The number of piperidine rings is 1. The number of carbonyl (C=O) groups is 1. The number of sulfonamides is 1. The molecule has 2 heterocycles. The maximum atomic E-state index is 12.2. The molecule has 0 bridgehead atoms. The van der Waals surface area contributed by atoms with E-state index in [4.69, 9.17) is 4.74 Å². The van der Waals surface area contributed by atoms with Crippen molar-refractivity contribution in [3.05, 3.63) is 0 Å². The number of carbonyl (C=O) groups excluding carboxylic acids is 1. The zero-order valence-corrected chi connectivity index (χ0v) is 16.2. The van der Waals surface area contributed by atoms with Gasteiger partial charge in [0.2, 0.25) is 15.9 Å². The number of likely N-dealkylation sites (tertiary alicyclic amines) is 1. The van der Waals surface area contributed by atoms with E-state index < -0.39 is 10.0 Å². The molecular weight excluding hydrogens is 354 g/mol. The molecule has 2 saturated heterocycles. The van der Waals surface area contributed by atoms with Gasteiger partial charge in [-0.25, -0.2) is 13.1 Å². The highest BCUT2D eigenvalue weighted by molar-refractivity contribution is 7.89. The van der Waals surface area contributed by atoms with Crippen molar-refractivity contribution in [2.45, 2.75) is 39.2 Å². The first-order valence-corrected chi connectivity index (χ1v) is 10.0. The second-order valence-corrected chi connectivity index (χ2v) is 8.79. The Labute approximate surface area is 151 Å². The molecule has 0 aromatic rings. The largest absolute Gasteiger partial charge is 0.378 e. The molecule has 2 fully saturated rings. The van der Waals surface area contributed by atoms with Crippen molar-refractivity contribution in [2.24, 2.45) is 5.41 Å². The van der Waals surface area contributed by atoms with Gasteiger partial charge >= 0.3 is 0 Å². The summed E-state index contributed by atoms with van der Waals surface area (Å²) in [5.74, 6) is -0.257. The second-order valence-electron chi connectivity index (χ2n) is 6.87. The summed E-state index contributed by atoms with van der Waals surface area (Å²) >= 11 is 0. The van der Waals surface area contributed by atoms with E-state index in [1.807, 2.05) is 13.8 Å². The van der Waals surface area contributed by atoms with Gasteiger partial charge in [0, 0.05) is 19.6 Å². The van der Waals surface area contributed by atoms with Crippen LogP contribution in [0.15, 0.2) is 0 Å². The molecule has 0 unspecified atom stereocenters. The zero-order chi connectivity index (χ0) is 16.9.